The lowest BCUT2D eigenvalue weighted by atomic mass is 10.0. The molecule has 5 heteroatoms. The first-order valence-electron chi connectivity index (χ1n) is 32.7. The minimum Gasteiger partial charge on any atom is -0.462 e. The van der Waals surface area contributed by atoms with Gasteiger partial charge in [0, 0.05) is 12.8 Å². The average molecular weight is 1000 g/mol. The lowest BCUT2D eigenvalue weighted by Crippen LogP contribution is -2.28. The maximum Gasteiger partial charge on any atom is 0.306 e. The Bertz CT molecular complexity index is 1040. The fourth-order valence-corrected chi connectivity index (χ4v) is 10.4. The van der Waals surface area contributed by atoms with Crippen molar-refractivity contribution in [2.75, 3.05) is 13.2 Å². The van der Waals surface area contributed by atoms with E-state index in [-0.39, 0.29) is 25.2 Å². The Morgan fingerprint density at radius 1 is 0.310 bits per heavy atom. The summed E-state index contributed by atoms with van der Waals surface area (Å²) in [5.41, 5.74) is 0. The van der Waals surface area contributed by atoms with E-state index in [1.54, 1.807) is 0 Å². The summed E-state index contributed by atoms with van der Waals surface area (Å²) in [7, 11) is 0. The molecule has 1 N–H and O–H groups in total. The Balaban J connectivity index is 3.35. The fourth-order valence-electron chi connectivity index (χ4n) is 10.4. The van der Waals surface area contributed by atoms with Crippen LogP contribution in [0.3, 0.4) is 0 Å². The maximum absolute atomic E-state index is 12.3. The molecule has 0 aromatic carbocycles. The zero-order valence-electron chi connectivity index (χ0n) is 48.5. The van der Waals surface area contributed by atoms with Gasteiger partial charge in [-0.2, -0.15) is 0 Å². The predicted octanol–water partition coefficient (Wildman–Crippen LogP) is 22.3. The quantitative estimate of drug-likeness (QED) is 0.0373. The van der Waals surface area contributed by atoms with Crippen LogP contribution in [0.2, 0.25) is 0 Å². The van der Waals surface area contributed by atoms with Crippen molar-refractivity contribution in [2.24, 2.45) is 0 Å². The summed E-state index contributed by atoms with van der Waals surface area (Å²) in [4.78, 5) is 24.6. The molecular formula is C66H128O5. The third-order valence-corrected chi connectivity index (χ3v) is 15.3. The van der Waals surface area contributed by atoms with E-state index in [1.807, 2.05) is 0 Å². The van der Waals surface area contributed by atoms with Gasteiger partial charge in [-0.1, -0.05) is 341 Å². The van der Waals surface area contributed by atoms with Gasteiger partial charge in [0.2, 0.25) is 0 Å². The van der Waals surface area contributed by atoms with Crippen molar-refractivity contribution in [3.8, 4) is 0 Å². The van der Waals surface area contributed by atoms with E-state index >= 15 is 0 Å². The molecule has 0 rings (SSSR count). The Morgan fingerprint density at radius 2 is 0.521 bits per heavy atom. The Hall–Kier alpha value is -1.36. The van der Waals surface area contributed by atoms with Crippen molar-refractivity contribution >= 4 is 11.9 Å². The van der Waals surface area contributed by atoms with Gasteiger partial charge in [-0.05, 0) is 38.5 Å². The first kappa shape index (κ1) is 69.6. The summed E-state index contributed by atoms with van der Waals surface area (Å²) < 4.78 is 10.7. The van der Waals surface area contributed by atoms with E-state index in [4.69, 9.17) is 9.47 Å². The predicted molar refractivity (Wildman–Crippen MR) is 312 cm³/mol. The SMILES string of the molecule is CCCCCCCCCC/C=C\CCCCCCCCCCCCCCCCCCCCCCCCCCCC(=O)OC(CO)COC(=O)CCCCCCCCCCCCCCCCCCCCCC. The minimum atomic E-state index is -0.766. The average Bonchev–Trinajstić information content (AvgIpc) is 3.37. The zero-order valence-corrected chi connectivity index (χ0v) is 48.5. The summed E-state index contributed by atoms with van der Waals surface area (Å²) in [5, 5.41) is 9.67. The molecule has 0 bridgehead atoms. The Kier molecular flexibility index (Phi) is 61.7. The van der Waals surface area contributed by atoms with E-state index < -0.39 is 6.10 Å². The molecule has 0 fully saturated rings. The molecule has 0 radical (unpaired) electrons. The van der Waals surface area contributed by atoms with Crippen LogP contribution in [0.15, 0.2) is 12.2 Å². The molecule has 0 aliphatic rings. The number of ether oxygens (including phenoxy) is 2. The number of allylic oxidation sites excluding steroid dienone is 2. The van der Waals surface area contributed by atoms with E-state index in [9.17, 15) is 14.7 Å². The highest BCUT2D eigenvalue weighted by molar-refractivity contribution is 5.70. The summed E-state index contributed by atoms with van der Waals surface area (Å²) in [6.07, 6.45) is 79.5. The minimum absolute atomic E-state index is 0.0565. The largest absolute Gasteiger partial charge is 0.462 e. The molecule has 0 heterocycles. The summed E-state index contributed by atoms with van der Waals surface area (Å²) in [6, 6.07) is 0. The molecule has 0 aromatic rings. The Morgan fingerprint density at radius 3 is 0.761 bits per heavy atom. The van der Waals surface area contributed by atoms with Crippen LogP contribution < -0.4 is 0 Å². The van der Waals surface area contributed by atoms with Crippen molar-refractivity contribution in [3.05, 3.63) is 12.2 Å². The molecule has 422 valence electrons. The molecule has 0 aliphatic carbocycles. The highest BCUT2D eigenvalue weighted by atomic mass is 16.6. The molecule has 0 aliphatic heterocycles. The second kappa shape index (κ2) is 62.9. The number of hydrogen-bond acceptors (Lipinski definition) is 5. The second-order valence-electron chi connectivity index (χ2n) is 22.6. The topological polar surface area (TPSA) is 72.8 Å². The number of carbonyl (C=O) groups is 2. The normalized spacial score (nSPS) is 12.1. The van der Waals surface area contributed by atoms with Crippen LogP contribution in [0.1, 0.15) is 380 Å². The van der Waals surface area contributed by atoms with Crippen molar-refractivity contribution in [1.82, 2.24) is 0 Å². The fraction of sp³-hybridized carbons (Fsp3) is 0.939. The van der Waals surface area contributed by atoms with Crippen LogP contribution in [0, 0.1) is 0 Å². The molecule has 0 amide bonds. The molecule has 71 heavy (non-hydrogen) atoms. The van der Waals surface area contributed by atoms with Gasteiger partial charge >= 0.3 is 11.9 Å². The molecule has 5 nitrogen and oxygen atoms in total. The summed E-state index contributed by atoms with van der Waals surface area (Å²) in [6.45, 7) is 4.21. The van der Waals surface area contributed by atoms with Gasteiger partial charge in [-0.3, -0.25) is 9.59 Å². The molecule has 0 saturated heterocycles. The maximum atomic E-state index is 12.3. The van der Waals surface area contributed by atoms with Gasteiger partial charge in [0.05, 0.1) is 6.61 Å². The monoisotopic (exact) mass is 1000 g/mol. The number of aliphatic hydroxyl groups excluding tert-OH is 1. The van der Waals surface area contributed by atoms with Crippen LogP contribution in [0.4, 0.5) is 0 Å². The van der Waals surface area contributed by atoms with Gasteiger partial charge < -0.3 is 14.6 Å². The van der Waals surface area contributed by atoms with Crippen LogP contribution in [0.25, 0.3) is 0 Å². The highest BCUT2D eigenvalue weighted by Crippen LogP contribution is 2.19. The standard InChI is InChI=1S/C66H128O5/c1-3-5-7-9-11-13-15-17-19-21-23-25-26-27-28-29-30-31-32-33-34-35-36-37-38-39-40-41-43-45-47-49-51-53-55-57-59-61-66(69)71-64(62-67)63-70-65(68)60-58-56-54-52-50-48-46-44-42-24-22-20-18-16-14-12-10-8-6-4-2/h21,23,64,67H,3-20,22,24-63H2,1-2H3/b23-21-. The van der Waals surface area contributed by atoms with Crippen LogP contribution in [-0.4, -0.2) is 36.4 Å². The summed E-state index contributed by atoms with van der Waals surface area (Å²) >= 11 is 0. The zero-order chi connectivity index (χ0) is 51.3. The van der Waals surface area contributed by atoms with E-state index in [1.165, 1.54) is 321 Å². The number of rotatable bonds is 62. The lowest BCUT2D eigenvalue weighted by Gasteiger charge is -2.15. The van der Waals surface area contributed by atoms with Crippen molar-refractivity contribution in [2.45, 2.75) is 386 Å². The Labute approximate surface area is 445 Å². The van der Waals surface area contributed by atoms with E-state index in [2.05, 4.69) is 26.0 Å². The third-order valence-electron chi connectivity index (χ3n) is 15.3. The smallest absolute Gasteiger partial charge is 0.306 e. The third kappa shape index (κ3) is 61.1. The molecular weight excluding hydrogens is 873 g/mol. The van der Waals surface area contributed by atoms with Crippen molar-refractivity contribution < 1.29 is 24.2 Å². The van der Waals surface area contributed by atoms with Crippen molar-refractivity contribution in [3.63, 3.8) is 0 Å². The number of hydrogen-bond donors (Lipinski definition) is 1. The number of unbranched alkanes of at least 4 members (excludes halogenated alkanes) is 52. The van der Waals surface area contributed by atoms with E-state index in [0.717, 1.165) is 32.1 Å². The van der Waals surface area contributed by atoms with Crippen LogP contribution in [-0.2, 0) is 19.1 Å². The molecule has 0 spiro atoms. The first-order valence-corrected chi connectivity index (χ1v) is 32.7. The van der Waals surface area contributed by atoms with Gasteiger partial charge in [-0.15, -0.1) is 0 Å². The van der Waals surface area contributed by atoms with Gasteiger partial charge in [-0.25, -0.2) is 0 Å². The summed E-state index contributed by atoms with van der Waals surface area (Å²) in [5.74, 6) is -0.563. The van der Waals surface area contributed by atoms with Gasteiger partial charge in [0.1, 0.15) is 6.61 Å². The second-order valence-corrected chi connectivity index (χ2v) is 22.6. The highest BCUT2D eigenvalue weighted by Gasteiger charge is 2.16. The number of aliphatic hydroxyl groups is 1. The molecule has 0 saturated carbocycles. The molecule has 1 atom stereocenters. The molecule has 1 unspecified atom stereocenters. The van der Waals surface area contributed by atoms with Crippen LogP contribution >= 0.6 is 0 Å². The van der Waals surface area contributed by atoms with Crippen LogP contribution in [0.5, 0.6) is 0 Å². The van der Waals surface area contributed by atoms with Gasteiger partial charge in [0.15, 0.2) is 6.10 Å². The van der Waals surface area contributed by atoms with E-state index in [0.29, 0.717) is 12.8 Å². The number of esters is 2. The van der Waals surface area contributed by atoms with Gasteiger partial charge in [0.25, 0.3) is 0 Å². The lowest BCUT2D eigenvalue weighted by molar-refractivity contribution is -0.161. The number of carbonyl (C=O) groups excluding carboxylic acids is 2. The van der Waals surface area contributed by atoms with Crippen molar-refractivity contribution in [1.29, 1.82) is 0 Å². The molecule has 0 aromatic heterocycles. The first-order chi connectivity index (χ1) is 35.1.